The summed E-state index contributed by atoms with van der Waals surface area (Å²) >= 11 is 0. The molecule has 1 atom stereocenters. The quantitative estimate of drug-likeness (QED) is 0.481. The molecular weight excluding hydrogens is 345 g/mol. The molecule has 0 aromatic rings. The van der Waals surface area contributed by atoms with Gasteiger partial charge in [-0.05, 0) is 32.1 Å². The summed E-state index contributed by atoms with van der Waals surface area (Å²) in [5, 5.41) is 12.3. The van der Waals surface area contributed by atoms with Gasteiger partial charge in [-0.25, -0.2) is 0 Å². The zero-order valence-corrected chi connectivity index (χ0v) is 18.5. The van der Waals surface area contributed by atoms with Crippen molar-refractivity contribution in [1.29, 1.82) is 0 Å². The summed E-state index contributed by atoms with van der Waals surface area (Å²) in [7, 11) is -0.562. The number of unbranched alkanes of at least 4 members (excludes halogenated alkanes) is 4. The van der Waals surface area contributed by atoms with Crippen LogP contribution in [-0.4, -0.2) is 42.6 Å². The molecule has 154 valence electrons. The molecule has 5 heteroatoms. The summed E-state index contributed by atoms with van der Waals surface area (Å²) in [5.74, 6) is -1.40. The van der Waals surface area contributed by atoms with Crippen LogP contribution in [0.2, 0.25) is 0 Å². The molecule has 0 aromatic heterocycles. The minimum Gasteiger partial charge on any atom is -0.548 e. The van der Waals surface area contributed by atoms with Crippen molar-refractivity contribution in [2.45, 2.75) is 97.9 Å². The lowest BCUT2D eigenvalue weighted by Crippen LogP contribution is -2.42. The van der Waals surface area contributed by atoms with Gasteiger partial charge in [0.25, 0.3) is 0 Å². The van der Waals surface area contributed by atoms with Gasteiger partial charge in [0.15, 0.2) is 0 Å². The van der Waals surface area contributed by atoms with Gasteiger partial charge in [-0.2, -0.15) is 0 Å². The minimum atomic E-state index is -1.19. The first kappa shape index (κ1) is 25.4. The molecule has 1 aliphatic rings. The number of nitrogens with one attached hydrogen (secondary N) is 1. The highest BCUT2D eigenvalue weighted by molar-refractivity contribution is 7.75. The zero-order chi connectivity index (χ0) is 19.8. The Morgan fingerprint density at radius 1 is 0.923 bits per heavy atom. The molecule has 0 bridgehead atoms. The van der Waals surface area contributed by atoms with Gasteiger partial charge in [0, 0.05) is 13.7 Å². The third-order valence-corrected chi connectivity index (χ3v) is 10.3. The summed E-state index contributed by atoms with van der Waals surface area (Å²) in [6.45, 7) is 9.42. The van der Waals surface area contributed by atoms with E-state index in [9.17, 15) is 14.7 Å². The van der Waals surface area contributed by atoms with Gasteiger partial charge < -0.3 is 15.2 Å². The number of carbonyl (C=O) groups excluding carboxylic acids is 2. The van der Waals surface area contributed by atoms with E-state index in [1.807, 2.05) is 0 Å². The average Bonchev–Trinajstić information content (AvgIpc) is 3.08. The number of amides is 1. The molecule has 1 rings (SSSR count). The molecule has 0 aliphatic carbocycles. The molecule has 0 radical (unpaired) electrons. The van der Waals surface area contributed by atoms with Gasteiger partial charge in [0.1, 0.15) is 0 Å². The number of carboxylic acid groups (broad SMARTS) is 1. The Balaban J connectivity index is 0.000000577. The van der Waals surface area contributed by atoms with E-state index in [4.69, 9.17) is 0 Å². The van der Waals surface area contributed by atoms with E-state index in [0.717, 1.165) is 0 Å². The normalized spacial score (nSPS) is 16.8. The maximum Gasteiger partial charge on any atom is 0.220 e. The van der Waals surface area contributed by atoms with E-state index in [1.54, 1.807) is 24.6 Å². The monoisotopic (exact) mass is 387 g/mol. The maximum absolute atomic E-state index is 10.4. The zero-order valence-electron chi connectivity index (χ0n) is 17.6. The number of rotatable bonds is 13. The second-order valence-corrected chi connectivity index (χ2v) is 12.1. The van der Waals surface area contributed by atoms with Crippen LogP contribution in [-0.2, 0) is 9.59 Å². The van der Waals surface area contributed by atoms with Gasteiger partial charge in [-0.3, -0.25) is 4.79 Å². The largest absolute Gasteiger partial charge is 0.548 e. The van der Waals surface area contributed by atoms with Crippen molar-refractivity contribution < 1.29 is 14.7 Å². The van der Waals surface area contributed by atoms with Crippen LogP contribution in [0.5, 0.6) is 0 Å². The second-order valence-electron chi connectivity index (χ2n) is 7.63. The first-order chi connectivity index (χ1) is 12.4. The fraction of sp³-hybridized carbons (Fsp3) is 0.905. The van der Waals surface area contributed by atoms with Crippen LogP contribution in [0.1, 0.15) is 91.9 Å². The summed E-state index contributed by atoms with van der Waals surface area (Å²) < 4.78 is 0. The minimum absolute atomic E-state index is 0.204. The van der Waals surface area contributed by atoms with Crippen LogP contribution in [0, 0.1) is 0 Å². The number of carbonyl (C=O) groups is 2. The van der Waals surface area contributed by atoms with Crippen LogP contribution in [0.15, 0.2) is 0 Å². The fourth-order valence-electron chi connectivity index (χ4n) is 3.44. The van der Waals surface area contributed by atoms with Crippen molar-refractivity contribution in [1.82, 2.24) is 5.32 Å². The predicted octanol–water partition coefficient (Wildman–Crippen LogP) is 4.22. The third-order valence-electron chi connectivity index (χ3n) is 5.22. The maximum atomic E-state index is 10.4. The molecule has 1 saturated heterocycles. The Hall–Kier alpha value is -0.630. The Morgan fingerprint density at radius 3 is 1.50 bits per heavy atom. The summed E-state index contributed by atoms with van der Waals surface area (Å²) in [4.78, 5) is 20.4. The molecule has 26 heavy (non-hydrogen) atoms. The molecule has 1 amide bonds. The van der Waals surface area contributed by atoms with Crippen molar-refractivity contribution in [2.75, 3.05) is 24.6 Å². The van der Waals surface area contributed by atoms with Crippen LogP contribution in [0.25, 0.3) is 0 Å². The molecule has 0 spiro atoms. The lowest BCUT2D eigenvalue weighted by molar-refractivity contribution is -0.308. The molecule has 1 N–H and O–H groups in total. The van der Waals surface area contributed by atoms with Crippen LogP contribution in [0.3, 0.4) is 0 Å². The smallest absolute Gasteiger partial charge is 0.220 e. The molecule has 1 heterocycles. The average molecular weight is 388 g/mol. The Labute approximate surface area is 162 Å². The van der Waals surface area contributed by atoms with Crippen LogP contribution < -0.4 is 10.4 Å². The van der Waals surface area contributed by atoms with E-state index < -0.39 is 19.3 Å². The second kappa shape index (κ2) is 15.4. The first-order valence-corrected chi connectivity index (χ1v) is 13.3. The first-order valence-electron chi connectivity index (χ1n) is 10.8. The molecule has 0 aromatic carbocycles. The lowest BCUT2D eigenvalue weighted by atomic mass is 10.2. The van der Waals surface area contributed by atoms with Gasteiger partial charge >= 0.3 is 0 Å². The summed E-state index contributed by atoms with van der Waals surface area (Å²) in [6.07, 6.45) is 18.6. The van der Waals surface area contributed by atoms with Gasteiger partial charge in [0.2, 0.25) is 5.91 Å². The highest BCUT2D eigenvalue weighted by Gasteiger charge is 2.34. The van der Waals surface area contributed by atoms with E-state index in [-0.39, 0.29) is 5.91 Å². The summed E-state index contributed by atoms with van der Waals surface area (Å²) in [5.41, 5.74) is 0. The number of carboxylic acids is 1. The number of hydrogen-bond donors (Lipinski definition) is 1. The van der Waals surface area contributed by atoms with E-state index >= 15 is 0 Å². The Kier molecular flexibility index (Phi) is 15.1. The third kappa shape index (κ3) is 11.2. The molecular formula is C21H42NO3P. The molecule has 1 fully saturated rings. The van der Waals surface area contributed by atoms with Gasteiger partial charge in [-0.1, -0.05) is 53.4 Å². The predicted molar refractivity (Wildman–Crippen MR) is 112 cm³/mol. The highest BCUT2D eigenvalue weighted by atomic mass is 31.2. The standard InChI is InChI=1S/C16H36P.C5H7NO3/c1-5-9-13-17(14-10-6-2,15-11-7-3)16-12-8-4;7-4-2-1-3(6-4)5(8)9/h5-16H2,1-4H3;3H,1-2H2,(H,6,7)(H,8,9)/q+1;/p-1. The van der Waals surface area contributed by atoms with E-state index in [1.165, 1.54) is 51.4 Å². The number of hydrogen-bond acceptors (Lipinski definition) is 3. The Bertz CT molecular complexity index is 350. The lowest BCUT2D eigenvalue weighted by Gasteiger charge is -2.28. The SMILES string of the molecule is CCCC[P+](CCCC)(CCCC)CCCC.O=C1CCC(C(=O)[O-])N1. The van der Waals surface area contributed by atoms with E-state index in [0.29, 0.717) is 12.8 Å². The molecule has 0 saturated carbocycles. The van der Waals surface area contributed by atoms with Crippen molar-refractivity contribution in [3.05, 3.63) is 0 Å². The molecule has 1 unspecified atom stereocenters. The van der Waals surface area contributed by atoms with Crippen molar-refractivity contribution in [3.8, 4) is 0 Å². The van der Waals surface area contributed by atoms with Gasteiger partial charge in [-0.15, -0.1) is 0 Å². The topological polar surface area (TPSA) is 69.2 Å². The van der Waals surface area contributed by atoms with E-state index in [2.05, 4.69) is 33.0 Å². The fourth-order valence-corrected chi connectivity index (χ4v) is 8.73. The van der Waals surface area contributed by atoms with Crippen molar-refractivity contribution >= 4 is 19.1 Å². The molecule has 4 nitrogen and oxygen atoms in total. The van der Waals surface area contributed by atoms with Crippen LogP contribution >= 0.6 is 7.26 Å². The van der Waals surface area contributed by atoms with Crippen molar-refractivity contribution in [2.24, 2.45) is 0 Å². The number of aliphatic carboxylic acids is 1. The van der Waals surface area contributed by atoms with Crippen LogP contribution in [0.4, 0.5) is 0 Å². The molecule has 1 aliphatic heterocycles. The highest BCUT2D eigenvalue weighted by Crippen LogP contribution is 2.61. The summed E-state index contributed by atoms with van der Waals surface area (Å²) in [6, 6.07) is -0.752. The van der Waals surface area contributed by atoms with Gasteiger partial charge in [0.05, 0.1) is 36.7 Å². The van der Waals surface area contributed by atoms with Crippen molar-refractivity contribution in [3.63, 3.8) is 0 Å². The Morgan fingerprint density at radius 2 is 1.31 bits per heavy atom.